The molecular weight excluding hydrogens is 258 g/mol. The molecule has 4 nitrogen and oxygen atoms in total. The number of rotatable bonds is 5. The molecule has 0 aromatic heterocycles. The second kappa shape index (κ2) is 6.95. The molecule has 0 saturated carbocycles. The number of amides is 1. The van der Waals surface area contributed by atoms with Crippen molar-refractivity contribution in [3.63, 3.8) is 0 Å². The Bertz CT molecular complexity index is 307. The molecule has 110 valence electrons. The fourth-order valence-electron chi connectivity index (χ4n) is 2.81. The lowest BCUT2D eigenvalue weighted by Gasteiger charge is -2.29. The van der Waals surface area contributed by atoms with Gasteiger partial charge in [0.2, 0.25) is 5.91 Å². The van der Waals surface area contributed by atoms with Crippen molar-refractivity contribution in [1.29, 1.82) is 0 Å². The van der Waals surface area contributed by atoms with Gasteiger partial charge in [-0.25, -0.2) is 0 Å². The lowest BCUT2D eigenvalue weighted by molar-refractivity contribution is -0.130. The smallest absolute Gasteiger partial charge is 0.241 e. The zero-order valence-electron chi connectivity index (χ0n) is 12.4. The largest absolute Gasteiger partial charge is 0.325 e. The minimum Gasteiger partial charge on any atom is -0.325 e. The maximum Gasteiger partial charge on any atom is 0.241 e. The van der Waals surface area contributed by atoms with Crippen LogP contribution in [0.5, 0.6) is 0 Å². The number of nitrogens with one attached hydrogen (secondary N) is 1. The van der Waals surface area contributed by atoms with Gasteiger partial charge < -0.3 is 4.90 Å². The van der Waals surface area contributed by atoms with E-state index in [1.165, 1.54) is 24.6 Å². The minimum absolute atomic E-state index is 0.0249. The zero-order chi connectivity index (χ0) is 13.8. The summed E-state index contributed by atoms with van der Waals surface area (Å²) in [6, 6.07) is 0.0249. The number of carbonyl (C=O) groups excluding carboxylic acids is 1. The normalized spacial score (nSPS) is 30.9. The van der Waals surface area contributed by atoms with Gasteiger partial charge in [-0.1, -0.05) is 20.3 Å². The van der Waals surface area contributed by atoms with Gasteiger partial charge in [0.15, 0.2) is 0 Å². The van der Waals surface area contributed by atoms with Crippen LogP contribution in [0, 0.1) is 5.92 Å². The van der Waals surface area contributed by atoms with Gasteiger partial charge in [0.25, 0.3) is 0 Å². The van der Waals surface area contributed by atoms with Gasteiger partial charge in [0.05, 0.1) is 12.2 Å². The van der Waals surface area contributed by atoms with Crippen molar-refractivity contribution in [2.45, 2.75) is 39.4 Å². The highest BCUT2D eigenvalue weighted by Crippen LogP contribution is 2.19. The first kappa shape index (κ1) is 15.1. The molecule has 0 aromatic rings. The van der Waals surface area contributed by atoms with Crippen LogP contribution in [0.4, 0.5) is 0 Å². The van der Waals surface area contributed by atoms with Gasteiger partial charge in [0.1, 0.15) is 0 Å². The summed E-state index contributed by atoms with van der Waals surface area (Å²) in [6.45, 7) is 10.6. The van der Waals surface area contributed by atoms with Gasteiger partial charge in [0, 0.05) is 37.7 Å². The summed E-state index contributed by atoms with van der Waals surface area (Å²) in [4.78, 5) is 16.9. The first-order valence-electron chi connectivity index (χ1n) is 7.50. The summed E-state index contributed by atoms with van der Waals surface area (Å²) in [5.74, 6) is 3.19. The molecule has 0 bridgehead atoms. The maximum atomic E-state index is 12.4. The Labute approximate surface area is 121 Å². The van der Waals surface area contributed by atoms with Crippen molar-refractivity contribution in [3.8, 4) is 0 Å². The Hall–Kier alpha value is -0.260. The molecule has 1 amide bonds. The van der Waals surface area contributed by atoms with Crippen molar-refractivity contribution in [2.24, 2.45) is 5.92 Å². The summed E-state index contributed by atoms with van der Waals surface area (Å²) in [5, 5.41) is 3.45. The highest BCUT2D eigenvalue weighted by atomic mass is 32.2. The molecule has 5 heteroatoms. The van der Waals surface area contributed by atoms with E-state index < -0.39 is 0 Å². The summed E-state index contributed by atoms with van der Waals surface area (Å²) >= 11 is 2.03. The van der Waals surface area contributed by atoms with Crippen molar-refractivity contribution in [2.75, 3.05) is 37.7 Å². The SMILES string of the molecule is CCC(C)C1NC(C)N(CCN2CCSCC2)C1=O. The summed E-state index contributed by atoms with van der Waals surface area (Å²) in [7, 11) is 0. The molecular formula is C14H27N3OS. The van der Waals surface area contributed by atoms with Gasteiger partial charge in [-0.05, 0) is 12.8 Å². The van der Waals surface area contributed by atoms with E-state index in [0.29, 0.717) is 11.8 Å². The van der Waals surface area contributed by atoms with E-state index in [9.17, 15) is 4.79 Å². The highest BCUT2D eigenvalue weighted by Gasteiger charge is 2.38. The highest BCUT2D eigenvalue weighted by molar-refractivity contribution is 7.99. The van der Waals surface area contributed by atoms with E-state index in [1.807, 2.05) is 16.7 Å². The molecule has 3 unspecified atom stereocenters. The van der Waals surface area contributed by atoms with Crippen LogP contribution in [0.1, 0.15) is 27.2 Å². The van der Waals surface area contributed by atoms with Gasteiger partial charge >= 0.3 is 0 Å². The Morgan fingerprint density at radius 1 is 1.37 bits per heavy atom. The molecule has 0 spiro atoms. The quantitative estimate of drug-likeness (QED) is 0.824. The molecule has 2 fully saturated rings. The minimum atomic E-state index is 0.0249. The van der Waals surface area contributed by atoms with Crippen LogP contribution in [-0.2, 0) is 4.79 Å². The molecule has 0 aliphatic carbocycles. The molecule has 1 N–H and O–H groups in total. The second-order valence-corrected chi connectivity index (χ2v) is 6.92. The molecule has 0 aromatic carbocycles. The molecule has 3 atom stereocenters. The van der Waals surface area contributed by atoms with Crippen LogP contribution >= 0.6 is 11.8 Å². The van der Waals surface area contributed by atoms with Crippen LogP contribution in [-0.4, -0.2) is 65.6 Å². The Kier molecular flexibility index (Phi) is 5.54. The van der Waals surface area contributed by atoms with Crippen molar-refractivity contribution in [3.05, 3.63) is 0 Å². The topological polar surface area (TPSA) is 35.6 Å². The third kappa shape index (κ3) is 3.64. The first-order valence-corrected chi connectivity index (χ1v) is 8.65. The number of hydrogen-bond acceptors (Lipinski definition) is 4. The molecule has 0 radical (unpaired) electrons. The maximum absolute atomic E-state index is 12.4. The average molecular weight is 285 g/mol. The molecule has 2 rings (SSSR count). The lowest BCUT2D eigenvalue weighted by Crippen LogP contribution is -2.43. The van der Waals surface area contributed by atoms with Crippen molar-refractivity contribution in [1.82, 2.24) is 15.1 Å². The zero-order valence-corrected chi connectivity index (χ0v) is 13.2. The van der Waals surface area contributed by atoms with Gasteiger partial charge in [-0.2, -0.15) is 11.8 Å². The fraction of sp³-hybridized carbons (Fsp3) is 0.929. The van der Waals surface area contributed by atoms with E-state index in [-0.39, 0.29) is 12.2 Å². The van der Waals surface area contributed by atoms with Crippen LogP contribution in [0.15, 0.2) is 0 Å². The summed E-state index contributed by atoms with van der Waals surface area (Å²) in [6.07, 6.45) is 1.23. The van der Waals surface area contributed by atoms with Gasteiger partial charge in [-0.3, -0.25) is 15.0 Å². The Balaban J connectivity index is 1.84. The predicted molar refractivity (Wildman–Crippen MR) is 81.3 cm³/mol. The Morgan fingerprint density at radius 3 is 2.68 bits per heavy atom. The van der Waals surface area contributed by atoms with Crippen LogP contribution in [0.25, 0.3) is 0 Å². The summed E-state index contributed by atoms with van der Waals surface area (Å²) < 4.78 is 0. The van der Waals surface area contributed by atoms with E-state index in [4.69, 9.17) is 0 Å². The third-order valence-corrected chi connectivity index (χ3v) is 5.35. The number of carbonyl (C=O) groups is 1. The fourth-order valence-corrected chi connectivity index (χ4v) is 3.79. The Morgan fingerprint density at radius 2 is 2.05 bits per heavy atom. The van der Waals surface area contributed by atoms with Crippen molar-refractivity contribution >= 4 is 17.7 Å². The molecule has 2 aliphatic rings. The third-order valence-electron chi connectivity index (χ3n) is 4.41. The molecule has 2 heterocycles. The first-order chi connectivity index (χ1) is 9.13. The number of thioether (sulfide) groups is 1. The lowest BCUT2D eigenvalue weighted by atomic mass is 9.99. The standard InChI is InChI=1S/C14H27N3OS/c1-4-11(2)13-14(18)17(12(3)15-13)6-5-16-7-9-19-10-8-16/h11-13,15H,4-10H2,1-3H3. The van der Waals surface area contributed by atoms with Crippen molar-refractivity contribution < 1.29 is 4.79 Å². The van der Waals surface area contributed by atoms with Crippen LogP contribution < -0.4 is 5.32 Å². The van der Waals surface area contributed by atoms with Crippen LogP contribution in [0.2, 0.25) is 0 Å². The van der Waals surface area contributed by atoms with E-state index in [1.54, 1.807) is 0 Å². The average Bonchev–Trinajstić information content (AvgIpc) is 2.72. The van der Waals surface area contributed by atoms with Gasteiger partial charge in [-0.15, -0.1) is 0 Å². The molecule has 19 heavy (non-hydrogen) atoms. The van der Waals surface area contributed by atoms with E-state index in [0.717, 1.165) is 19.5 Å². The molecule has 2 saturated heterocycles. The second-order valence-electron chi connectivity index (χ2n) is 5.69. The monoisotopic (exact) mass is 285 g/mol. The number of nitrogens with zero attached hydrogens (tertiary/aromatic N) is 2. The predicted octanol–water partition coefficient (Wildman–Crippen LogP) is 1.23. The number of hydrogen-bond donors (Lipinski definition) is 1. The van der Waals surface area contributed by atoms with Crippen LogP contribution in [0.3, 0.4) is 0 Å². The van der Waals surface area contributed by atoms with E-state index >= 15 is 0 Å². The molecule has 2 aliphatic heterocycles. The summed E-state index contributed by atoms with van der Waals surface area (Å²) in [5.41, 5.74) is 0. The van der Waals surface area contributed by atoms with E-state index in [2.05, 4.69) is 31.0 Å².